The summed E-state index contributed by atoms with van der Waals surface area (Å²) in [5, 5.41) is 11.7. The lowest BCUT2D eigenvalue weighted by molar-refractivity contribution is -0.120. The van der Waals surface area contributed by atoms with Gasteiger partial charge >= 0.3 is 5.97 Å². The van der Waals surface area contributed by atoms with Crippen molar-refractivity contribution in [2.45, 2.75) is 19.3 Å². The minimum absolute atomic E-state index is 0.0185. The Labute approximate surface area is 112 Å². The van der Waals surface area contributed by atoms with E-state index in [2.05, 4.69) is 17.5 Å². The number of aromatic carboxylic acids is 1. The van der Waals surface area contributed by atoms with E-state index in [1.54, 1.807) is 12.1 Å². The van der Waals surface area contributed by atoms with Crippen LogP contribution in [0.2, 0.25) is 0 Å². The van der Waals surface area contributed by atoms with E-state index in [1.165, 1.54) is 12.1 Å². The summed E-state index contributed by atoms with van der Waals surface area (Å²) >= 11 is 0. The topological polar surface area (TPSA) is 66.4 Å². The summed E-state index contributed by atoms with van der Waals surface area (Å²) in [6.45, 7) is 0.707. The predicted octanol–water partition coefficient (Wildman–Crippen LogP) is 2.01. The second kappa shape index (κ2) is 6.18. The van der Waals surface area contributed by atoms with Crippen LogP contribution in [0.5, 0.6) is 0 Å². The molecule has 0 radical (unpaired) electrons. The molecule has 1 aliphatic carbocycles. The van der Waals surface area contributed by atoms with Gasteiger partial charge in [-0.25, -0.2) is 4.79 Å². The lowest BCUT2D eigenvalue weighted by Gasteiger charge is -2.10. The van der Waals surface area contributed by atoms with Crippen molar-refractivity contribution >= 4 is 11.9 Å². The van der Waals surface area contributed by atoms with Gasteiger partial charge in [0.05, 0.1) is 12.0 Å². The highest BCUT2D eigenvalue weighted by Crippen LogP contribution is 2.16. The van der Waals surface area contributed by atoms with Crippen LogP contribution in [0.25, 0.3) is 0 Å². The molecule has 19 heavy (non-hydrogen) atoms. The van der Waals surface area contributed by atoms with Gasteiger partial charge in [-0.3, -0.25) is 4.79 Å². The Morgan fingerprint density at radius 3 is 2.37 bits per heavy atom. The summed E-state index contributed by atoms with van der Waals surface area (Å²) in [5.41, 5.74) is 1.06. The van der Waals surface area contributed by atoms with E-state index in [9.17, 15) is 9.59 Å². The fourth-order valence-corrected chi connectivity index (χ4v) is 2.11. The summed E-state index contributed by atoms with van der Waals surface area (Å²) in [4.78, 5) is 22.4. The molecule has 0 bridgehead atoms. The molecule has 4 heteroatoms. The zero-order valence-electron chi connectivity index (χ0n) is 10.6. The number of benzene rings is 1. The normalized spacial score (nSPS) is 14.5. The monoisotopic (exact) mass is 259 g/mol. The number of carbonyl (C=O) groups is 2. The van der Waals surface area contributed by atoms with Gasteiger partial charge in [0.2, 0.25) is 5.91 Å². The molecule has 0 aromatic heterocycles. The number of allylic oxidation sites excluding steroid dienone is 2. The summed E-state index contributed by atoms with van der Waals surface area (Å²) < 4.78 is 0. The molecule has 1 amide bonds. The van der Waals surface area contributed by atoms with Crippen molar-refractivity contribution in [3.05, 3.63) is 47.5 Å². The highest BCUT2D eigenvalue weighted by Gasteiger charge is 2.12. The molecular weight excluding hydrogens is 242 g/mol. The van der Waals surface area contributed by atoms with Gasteiger partial charge in [-0.1, -0.05) is 24.3 Å². The van der Waals surface area contributed by atoms with E-state index in [4.69, 9.17) is 5.11 Å². The van der Waals surface area contributed by atoms with Crippen LogP contribution in [-0.4, -0.2) is 23.5 Å². The Morgan fingerprint density at radius 2 is 1.79 bits per heavy atom. The first-order valence-electron chi connectivity index (χ1n) is 6.39. The van der Waals surface area contributed by atoms with Gasteiger partial charge in [0, 0.05) is 6.54 Å². The molecule has 0 heterocycles. The van der Waals surface area contributed by atoms with E-state index in [0.717, 1.165) is 18.4 Å². The first-order chi connectivity index (χ1) is 9.15. The van der Waals surface area contributed by atoms with E-state index in [1.807, 2.05) is 0 Å². The van der Waals surface area contributed by atoms with Gasteiger partial charge in [-0.05, 0) is 36.5 Å². The number of rotatable bonds is 5. The molecule has 100 valence electrons. The van der Waals surface area contributed by atoms with E-state index in [-0.39, 0.29) is 11.5 Å². The number of hydrogen-bond donors (Lipinski definition) is 2. The Bertz CT molecular complexity index is 483. The molecular formula is C15H17NO3. The molecule has 2 rings (SSSR count). The van der Waals surface area contributed by atoms with Crippen molar-refractivity contribution in [1.82, 2.24) is 5.32 Å². The van der Waals surface area contributed by atoms with Crippen molar-refractivity contribution in [2.75, 3.05) is 6.54 Å². The quantitative estimate of drug-likeness (QED) is 0.795. The fourth-order valence-electron chi connectivity index (χ4n) is 2.11. The van der Waals surface area contributed by atoms with Gasteiger partial charge in [0.15, 0.2) is 0 Å². The van der Waals surface area contributed by atoms with Gasteiger partial charge < -0.3 is 10.4 Å². The Morgan fingerprint density at radius 1 is 1.16 bits per heavy atom. The van der Waals surface area contributed by atoms with Crippen molar-refractivity contribution < 1.29 is 14.7 Å². The third-order valence-electron chi connectivity index (χ3n) is 3.26. The van der Waals surface area contributed by atoms with Gasteiger partial charge in [0.25, 0.3) is 0 Å². The molecule has 2 N–H and O–H groups in total. The van der Waals surface area contributed by atoms with Crippen molar-refractivity contribution in [3.63, 3.8) is 0 Å². The number of hydrogen-bond acceptors (Lipinski definition) is 2. The van der Waals surface area contributed by atoms with Crippen molar-refractivity contribution in [3.8, 4) is 0 Å². The molecule has 0 fully saturated rings. The van der Waals surface area contributed by atoms with Gasteiger partial charge in [-0.2, -0.15) is 0 Å². The number of carboxylic acid groups (broad SMARTS) is 1. The lowest BCUT2D eigenvalue weighted by Crippen LogP contribution is -2.29. The van der Waals surface area contributed by atoms with Gasteiger partial charge in [0.1, 0.15) is 0 Å². The lowest BCUT2D eigenvalue weighted by atomic mass is 10.1. The number of amides is 1. The molecule has 0 saturated carbocycles. The molecule has 0 atom stereocenters. The minimum Gasteiger partial charge on any atom is -0.478 e. The molecule has 0 unspecified atom stereocenters. The highest BCUT2D eigenvalue weighted by molar-refractivity contribution is 5.87. The molecule has 0 spiro atoms. The van der Waals surface area contributed by atoms with Gasteiger partial charge in [-0.15, -0.1) is 0 Å². The molecule has 1 aromatic rings. The second-order valence-corrected chi connectivity index (χ2v) is 4.79. The molecule has 0 saturated heterocycles. The Balaban J connectivity index is 1.79. The van der Waals surface area contributed by atoms with Crippen molar-refractivity contribution in [2.24, 2.45) is 5.92 Å². The maximum absolute atomic E-state index is 11.7. The SMILES string of the molecule is O=C(Cc1ccc(C(=O)O)cc1)NCC1CC=CC1. The first kappa shape index (κ1) is 13.3. The van der Waals surface area contributed by atoms with Crippen LogP contribution in [0.4, 0.5) is 0 Å². The largest absolute Gasteiger partial charge is 0.478 e. The van der Waals surface area contributed by atoms with Crippen LogP contribution in [0.3, 0.4) is 0 Å². The van der Waals surface area contributed by atoms with Crippen LogP contribution in [-0.2, 0) is 11.2 Å². The van der Waals surface area contributed by atoms with Crippen LogP contribution in [0.15, 0.2) is 36.4 Å². The van der Waals surface area contributed by atoms with E-state index in [0.29, 0.717) is 18.9 Å². The summed E-state index contributed by atoms with van der Waals surface area (Å²) in [5.74, 6) is -0.446. The highest BCUT2D eigenvalue weighted by atomic mass is 16.4. The van der Waals surface area contributed by atoms with E-state index >= 15 is 0 Å². The summed E-state index contributed by atoms with van der Waals surface area (Å²) in [6, 6.07) is 6.40. The minimum atomic E-state index is -0.954. The molecule has 0 aliphatic heterocycles. The fraction of sp³-hybridized carbons (Fsp3) is 0.333. The predicted molar refractivity (Wildman–Crippen MR) is 72.0 cm³/mol. The first-order valence-corrected chi connectivity index (χ1v) is 6.39. The second-order valence-electron chi connectivity index (χ2n) is 4.79. The third-order valence-corrected chi connectivity index (χ3v) is 3.26. The zero-order chi connectivity index (χ0) is 13.7. The maximum Gasteiger partial charge on any atom is 0.335 e. The van der Waals surface area contributed by atoms with Crippen LogP contribution >= 0.6 is 0 Å². The zero-order valence-corrected chi connectivity index (χ0v) is 10.6. The number of carboxylic acids is 1. The standard InChI is InChI=1S/C15H17NO3/c17-14(16-10-12-3-1-2-4-12)9-11-5-7-13(8-6-11)15(18)19/h1-2,5-8,12H,3-4,9-10H2,(H,16,17)(H,18,19). The maximum atomic E-state index is 11.7. The number of carbonyl (C=O) groups excluding carboxylic acids is 1. The Hall–Kier alpha value is -2.10. The smallest absolute Gasteiger partial charge is 0.335 e. The van der Waals surface area contributed by atoms with Crippen LogP contribution < -0.4 is 5.32 Å². The van der Waals surface area contributed by atoms with Crippen molar-refractivity contribution in [1.29, 1.82) is 0 Å². The third kappa shape index (κ3) is 3.95. The molecule has 4 nitrogen and oxygen atoms in total. The Kier molecular flexibility index (Phi) is 4.34. The van der Waals surface area contributed by atoms with E-state index < -0.39 is 5.97 Å². The molecule has 1 aromatic carbocycles. The average Bonchev–Trinajstić information content (AvgIpc) is 2.90. The van der Waals surface area contributed by atoms with Crippen LogP contribution in [0, 0.1) is 5.92 Å². The van der Waals surface area contributed by atoms with Crippen LogP contribution in [0.1, 0.15) is 28.8 Å². The summed E-state index contributed by atoms with van der Waals surface area (Å²) in [6.07, 6.45) is 6.64. The molecule has 1 aliphatic rings. The number of nitrogens with one attached hydrogen (secondary N) is 1. The average molecular weight is 259 g/mol. The summed E-state index contributed by atoms with van der Waals surface area (Å²) in [7, 11) is 0.